The Kier molecular flexibility index (Phi) is 4.75. The Bertz CT molecular complexity index is 1190. The lowest BCUT2D eigenvalue weighted by molar-refractivity contribution is -0.113. The van der Waals surface area contributed by atoms with E-state index in [1.807, 2.05) is 26.2 Å². The second-order valence-electron chi connectivity index (χ2n) is 8.22. The van der Waals surface area contributed by atoms with Crippen LogP contribution in [0.4, 0.5) is 26.1 Å². The van der Waals surface area contributed by atoms with Gasteiger partial charge in [0.2, 0.25) is 0 Å². The van der Waals surface area contributed by atoms with Gasteiger partial charge in [-0.05, 0) is 30.2 Å². The number of carbonyl (C=O) groups excluding carboxylic acids is 1. The molecule has 0 spiro atoms. The fourth-order valence-electron chi connectivity index (χ4n) is 4.03. The van der Waals surface area contributed by atoms with Crippen molar-refractivity contribution in [3.63, 3.8) is 0 Å². The molecule has 3 aromatic heterocycles. The summed E-state index contributed by atoms with van der Waals surface area (Å²) in [6, 6.07) is 5.57. The van der Waals surface area contributed by atoms with Crippen molar-refractivity contribution in [2.45, 2.75) is 25.8 Å². The van der Waals surface area contributed by atoms with Crippen LogP contribution in [-0.2, 0) is 20.0 Å². The minimum absolute atomic E-state index is 0.0866. The zero-order valence-corrected chi connectivity index (χ0v) is 17.7. The van der Waals surface area contributed by atoms with E-state index in [0.717, 1.165) is 46.2 Å². The highest BCUT2D eigenvalue weighted by molar-refractivity contribution is 5.93. The molecular weight excluding hydrogens is 418 g/mol. The van der Waals surface area contributed by atoms with Crippen LogP contribution in [0.5, 0.6) is 0 Å². The van der Waals surface area contributed by atoms with E-state index in [9.17, 15) is 13.6 Å². The molecule has 0 aromatic carbocycles. The molecule has 0 unspecified atom stereocenters. The minimum Gasteiger partial charge on any atom is -0.350 e. The van der Waals surface area contributed by atoms with E-state index in [0.29, 0.717) is 12.4 Å². The molecule has 1 N–H and O–H groups in total. The number of rotatable bonds is 4. The number of likely N-dealkylation sites (tertiary alicyclic amines) is 1. The van der Waals surface area contributed by atoms with E-state index in [1.165, 1.54) is 0 Å². The van der Waals surface area contributed by atoms with Crippen LogP contribution < -0.4 is 10.2 Å². The standard InChI is InChI=1S/C21H22F2N8O/c1-13-7-17(20(32)31-11-21(22,23)12-31)27-28-19(13)30-6-4-16-14(10-30)8-15(9-24-16)26-18-3-5-25-29(18)2/h3,5,7-9,26H,4,6,10-12H2,1-2H3. The lowest BCUT2D eigenvalue weighted by Crippen LogP contribution is -2.58. The topological polar surface area (TPSA) is 92.1 Å². The molecule has 1 saturated heterocycles. The summed E-state index contributed by atoms with van der Waals surface area (Å²) >= 11 is 0. The predicted octanol–water partition coefficient (Wildman–Crippen LogP) is 2.31. The summed E-state index contributed by atoms with van der Waals surface area (Å²) in [4.78, 5) is 20.1. The van der Waals surface area contributed by atoms with Crippen LogP contribution in [0.2, 0.25) is 0 Å². The number of halogens is 2. The Morgan fingerprint density at radius 3 is 2.72 bits per heavy atom. The molecule has 9 nitrogen and oxygen atoms in total. The van der Waals surface area contributed by atoms with Gasteiger partial charge in [0.15, 0.2) is 11.5 Å². The monoisotopic (exact) mass is 440 g/mol. The third kappa shape index (κ3) is 3.74. The number of aryl methyl sites for hydroxylation is 2. The molecule has 166 valence electrons. The van der Waals surface area contributed by atoms with E-state index in [2.05, 4.69) is 36.6 Å². The molecule has 0 bridgehead atoms. The molecule has 5 heterocycles. The van der Waals surface area contributed by atoms with Crippen LogP contribution in [-0.4, -0.2) is 61.3 Å². The smallest absolute Gasteiger partial charge is 0.282 e. The molecule has 32 heavy (non-hydrogen) atoms. The highest BCUT2D eigenvalue weighted by atomic mass is 19.3. The fourth-order valence-corrected chi connectivity index (χ4v) is 4.03. The maximum atomic E-state index is 13.1. The van der Waals surface area contributed by atoms with Crippen molar-refractivity contribution in [3.8, 4) is 0 Å². The molecule has 0 saturated carbocycles. The molecule has 1 amide bonds. The predicted molar refractivity (Wildman–Crippen MR) is 113 cm³/mol. The van der Waals surface area contributed by atoms with Crippen LogP contribution in [0.3, 0.4) is 0 Å². The first kappa shape index (κ1) is 20.3. The molecule has 1 fully saturated rings. The van der Waals surface area contributed by atoms with Crippen LogP contribution in [0.25, 0.3) is 0 Å². The van der Waals surface area contributed by atoms with E-state index in [-0.39, 0.29) is 5.69 Å². The van der Waals surface area contributed by atoms with Gasteiger partial charge in [0.05, 0.1) is 31.2 Å². The number of aromatic nitrogens is 5. The maximum absolute atomic E-state index is 13.1. The van der Waals surface area contributed by atoms with E-state index in [4.69, 9.17) is 0 Å². The average molecular weight is 440 g/mol. The van der Waals surface area contributed by atoms with Crippen molar-refractivity contribution in [1.82, 2.24) is 29.9 Å². The summed E-state index contributed by atoms with van der Waals surface area (Å²) in [6.45, 7) is 2.03. The number of carbonyl (C=O) groups is 1. The van der Waals surface area contributed by atoms with Crippen molar-refractivity contribution in [2.75, 3.05) is 29.9 Å². The normalized spacial score (nSPS) is 17.0. The van der Waals surface area contributed by atoms with Crippen LogP contribution in [0, 0.1) is 6.92 Å². The molecule has 5 rings (SSSR count). The third-order valence-corrected chi connectivity index (χ3v) is 5.74. The first-order valence-corrected chi connectivity index (χ1v) is 10.3. The van der Waals surface area contributed by atoms with Gasteiger partial charge in [-0.1, -0.05) is 0 Å². The zero-order valence-electron chi connectivity index (χ0n) is 17.7. The fraction of sp³-hybridized carbons (Fsp3) is 0.381. The lowest BCUT2D eigenvalue weighted by Gasteiger charge is -2.38. The van der Waals surface area contributed by atoms with Gasteiger partial charge in [-0.15, -0.1) is 10.2 Å². The van der Waals surface area contributed by atoms with E-state index >= 15 is 0 Å². The third-order valence-electron chi connectivity index (χ3n) is 5.74. The van der Waals surface area contributed by atoms with Crippen molar-refractivity contribution >= 4 is 23.2 Å². The van der Waals surface area contributed by atoms with Gasteiger partial charge in [-0.25, -0.2) is 8.78 Å². The molecule has 2 aliphatic rings. The Hall–Kier alpha value is -3.63. The van der Waals surface area contributed by atoms with Crippen LogP contribution in [0.15, 0.2) is 30.6 Å². The summed E-state index contributed by atoms with van der Waals surface area (Å²) < 4.78 is 27.9. The maximum Gasteiger partial charge on any atom is 0.282 e. The Morgan fingerprint density at radius 1 is 1.22 bits per heavy atom. The second-order valence-corrected chi connectivity index (χ2v) is 8.22. The summed E-state index contributed by atoms with van der Waals surface area (Å²) in [7, 11) is 1.86. The molecule has 0 aliphatic carbocycles. The van der Waals surface area contributed by atoms with E-state index < -0.39 is 24.9 Å². The SMILES string of the molecule is Cc1cc(C(=O)N2CC(F)(F)C2)nnc1N1CCc2ncc(Nc3ccnn3C)cc2C1. The summed E-state index contributed by atoms with van der Waals surface area (Å²) in [5.41, 5.74) is 3.84. The van der Waals surface area contributed by atoms with Crippen LogP contribution in [0.1, 0.15) is 27.3 Å². The first-order valence-electron chi connectivity index (χ1n) is 10.3. The molecule has 0 radical (unpaired) electrons. The van der Waals surface area contributed by atoms with Crippen LogP contribution >= 0.6 is 0 Å². The molecule has 2 aliphatic heterocycles. The number of hydrogen-bond acceptors (Lipinski definition) is 7. The van der Waals surface area contributed by atoms with Crippen molar-refractivity contribution in [1.29, 1.82) is 0 Å². The number of pyridine rings is 1. The van der Waals surface area contributed by atoms with Crippen molar-refractivity contribution in [3.05, 3.63) is 53.1 Å². The van der Waals surface area contributed by atoms with Gasteiger partial charge in [0.1, 0.15) is 5.82 Å². The molecule has 0 atom stereocenters. The van der Waals surface area contributed by atoms with Crippen molar-refractivity contribution in [2.24, 2.45) is 7.05 Å². The van der Waals surface area contributed by atoms with Gasteiger partial charge >= 0.3 is 0 Å². The van der Waals surface area contributed by atoms with Crippen molar-refractivity contribution < 1.29 is 13.6 Å². The summed E-state index contributed by atoms with van der Waals surface area (Å²) in [5, 5.41) is 15.8. The number of hydrogen-bond donors (Lipinski definition) is 1. The van der Waals surface area contributed by atoms with Gasteiger partial charge < -0.3 is 15.1 Å². The highest BCUT2D eigenvalue weighted by Crippen LogP contribution is 2.29. The van der Waals surface area contributed by atoms with Gasteiger partial charge in [0.25, 0.3) is 11.8 Å². The van der Waals surface area contributed by atoms with Gasteiger partial charge in [0, 0.05) is 38.3 Å². The number of amides is 1. The summed E-state index contributed by atoms with van der Waals surface area (Å²) in [5.74, 6) is -1.79. The number of anilines is 3. The first-order chi connectivity index (χ1) is 15.3. The minimum atomic E-state index is -2.81. The Labute approximate surface area is 183 Å². The second kappa shape index (κ2) is 7.50. The summed E-state index contributed by atoms with van der Waals surface area (Å²) in [6.07, 6.45) is 4.29. The Balaban J connectivity index is 1.32. The molecule has 11 heteroatoms. The quantitative estimate of drug-likeness (QED) is 0.666. The number of fused-ring (bicyclic) bond motifs is 1. The Morgan fingerprint density at radius 2 is 2.03 bits per heavy atom. The lowest BCUT2D eigenvalue weighted by atomic mass is 10.0. The largest absolute Gasteiger partial charge is 0.350 e. The van der Waals surface area contributed by atoms with Gasteiger partial charge in [-0.2, -0.15) is 5.10 Å². The number of alkyl halides is 2. The molecular formula is C21H22F2N8O. The number of nitrogens with one attached hydrogen (secondary N) is 1. The molecule has 3 aromatic rings. The average Bonchev–Trinajstić information content (AvgIpc) is 3.15. The number of nitrogens with zero attached hydrogens (tertiary/aromatic N) is 7. The highest BCUT2D eigenvalue weighted by Gasteiger charge is 2.46. The van der Waals surface area contributed by atoms with E-state index in [1.54, 1.807) is 16.9 Å². The van der Waals surface area contributed by atoms with Gasteiger partial charge in [-0.3, -0.25) is 14.5 Å². The zero-order chi connectivity index (χ0) is 22.5.